The Balaban J connectivity index is 1.35. The summed E-state index contributed by atoms with van der Waals surface area (Å²) in [4.78, 5) is 83.2. The van der Waals surface area contributed by atoms with Crippen molar-refractivity contribution in [1.82, 2.24) is 25.8 Å². The second-order valence-electron chi connectivity index (χ2n) is 18.6. The Morgan fingerprint density at radius 1 is 1.00 bits per heavy atom. The Kier molecular flexibility index (Phi) is 10.0. The van der Waals surface area contributed by atoms with E-state index in [1.807, 2.05) is 61.5 Å². The minimum absolute atomic E-state index is 0.100. The minimum atomic E-state index is -1.12. The number of piperidine rings is 1. The monoisotopic (exact) mass is 698 g/mol. The van der Waals surface area contributed by atoms with E-state index in [1.165, 1.54) is 4.90 Å². The maximum atomic E-state index is 14.6. The summed E-state index contributed by atoms with van der Waals surface area (Å²) >= 11 is 0. The van der Waals surface area contributed by atoms with Crippen LogP contribution in [0.15, 0.2) is 11.6 Å². The Labute approximate surface area is 295 Å². The summed E-state index contributed by atoms with van der Waals surface area (Å²) in [5, 5.41) is 19.6. The van der Waals surface area contributed by atoms with Crippen LogP contribution < -0.4 is 21.7 Å². The predicted molar refractivity (Wildman–Crippen MR) is 186 cm³/mol. The molecule has 13 nitrogen and oxygen atoms in total. The van der Waals surface area contributed by atoms with Gasteiger partial charge in [0.2, 0.25) is 23.5 Å². The number of urea groups is 1. The number of amides is 6. The van der Waals surface area contributed by atoms with Crippen LogP contribution in [-0.2, 0) is 24.0 Å². The molecule has 2 saturated carbocycles. The summed E-state index contributed by atoms with van der Waals surface area (Å²) in [5.41, 5.74) is 4.81. The number of aliphatic hydroxyl groups is 1. The normalized spacial score (nSPS) is 28.3. The van der Waals surface area contributed by atoms with E-state index in [2.05, 4.69) is 16.0 Å². The van der Waals surface area contributed by atoms with Crippen molar-refractivity contribution in [2.45, 2.75) is 137 Å². The van der Waals surface area contributed by atoms with Gasteiger partial charge in [-0.2, -0.15) is 0 Å². The number of aliphatic hydroxyl groups excluding tert-OH is 1. The first-order chi connectivity index (χ1) is 23.0. The third kappa shape index (κ3) is 8.02. The highest BCUT2D eigenvalue weighted by molar-refractivity contribution is 6.38. The van der Waals surface area contributed by atoms with Gasteiger partial charge < -0.3 is 36.6 Å². The number of hydrogen-bond acceptors (Lipinski definition) is 7. The molecule has 278 valence electrons. The van der Waals surface area contributed by atoms with Crippen LogP contribution in [0.3, 0.4) is 0 Å². The number of nitrogens with two attached hydrogens (primary N) is 1. The van der Waals surface area contributed by atoms with Crippen LogP contribution in [0.1, 0.15) is 107 Å². The number of Topliss-reactive ketones (excluding diaryl/α,β-unsaturated/α-hetero) is 1. The SMILES string of the molecule is CC1(C)CC(=O)N(C[C@@H](NC(=O)N[C@H](C(=O)N2C[C@H]3[C@H](CCC34CC4)[C@H]2C(=O)NC(CC2=CC2)C(=O)C(N)=O)C(C)(C)C)C(C)(C)C)C(O)C1. The fourth-order valence-corrected chi connectivity index (χ4v) is 8.50. The fraction of sp³-hybridized carbons (Fsp3) is 0.784. The standard InChI is InChI=1S/C37H58N6O7/c1-34(2,3)24(19-42-25(44)16-36(7,8)17-26(42)45)40-33(50)41-29(35(4,5)6)32(49)43-18-22-21(11-12-37(22)13-14-37)27(43)31(48)39-23(15-20-9-10-20)28(46)30(38)47/h9,21-25,27,29,44H,10-19H2,1-8H3,(H2,38,47)(H,39,48)(H2,40,41,50)/t21-,22-,23?,24+,25?,27-,29+/m0/s1. The van der Waals surface area contributed by atoms with E-state index in [1.54, 1.807) is 4.90 Å². The van der Waals surface area contributed by atoms with Crippen LogP contribution in [0, 0.1) is 33.5 Å². The number of nitrogens with zero attached hydrogens (tertiary/aromatic N) is 2. The summed E-state index contributed by atoms with van der Waals surface area (Å²) < 4.78 is 0. The molecule has 4 fully saturated rings. The van der Waals surface area contributed by atoms with Gasteiger partial charge in [0.05, 0.1) is 6.04 Å². The lowest BCUT2D eigenvalue weighted by Gasteiger charge is -2.44. The smallest absolute Gasteiger partial charge is 0.315 e. The molecule has 0 bridgehead atoms. The van der Waals surface area contributed by atoms with Crippen molar-refractivity contribution in [3.05, 3.63) is 11.6 Å². The largest absolute Gasteiger partial charge is 0.374 e. The summed E-state index contributed by atoms with van der Waals surface area (Å²) in [6.07, 6.45) is 6.41. The molecule has 13 heteroatoms. The number of primary amides is 1. The summed E-state index contributed by atoms with van der Waals surface area (Å²) in [6.45, 7) is 15.7. The number of fused-ring (bicyclic) bond motifs is 2. The molecule has 7 atom stereocenters. The van der Waals surface area contributed by atoms with E-state index in [4.69, 9.17) is 5.73 Å². The van der Waals surface area contributed by atoms with E-state index in [9.17, 15) is 33.9 Å². The highest BCUT2D eigenvalue weighted by atomic mass is 16.3. The van der Waals surface area contributed by atoms with Gasteiger partial charge in [-0.1, -0.05) is 67.0 Å². The van der Waals surface area contributed by atoms with Crippen molar-refractivity contribution in [3.63, 3.8) is 0 Å². The molecule has 2 heterocycles. The number of carbonyl (C=O) groups excluding carboxylic acids is 6. The summed E-state index contributed by atoms with van der Waals surface area (Å²) in [6, 6.07) is -4.14. The van der Waals surface area contributed by atoms with Crippen LogP contribution in [0.2, 0.25) is 0 Å². The van der Waals surface area contributed by atoms with Crippen molar-refractivity contribution in [1.29, 1.82) is 0 Å². The van der Waals surface area contributed by atoms with E-state index in [0.717, 1.165) is 31.3 Å². The Hall–Kier alpha value is -3.48. The first-order valence-corrected chi connectivity index (χ1v) is 18.2. The van der Waals surface area contributed by atoms with Gasteiger partial charge in [0, 0.05) is 19.5 Å². The van der Waals surface area contributed by atoms with Gasteiger partial charge in [0.15, 0.2) is 0 Å². The zero-order valence-electron chi connectivity index (χ0n) is 31.1. The van der Waals surface area contributed by atoms with Gasteiger partial charge in [-0.3, -0.25) is 24.0 Å². The van der Waals surface area contributed by atoms with E-state index in [-0.39, 0.29) is 48.0 Å². The number of hydrogen-bond donors (Lipinski definition) is 5. The second-order valence-corrected chi connectivity index (χ2v) is 18.6. The number of nitrogens with one attached hydrogen (secondary N) is 3. The molecule has 3 aliphatic carbocycles. The molecule has 0 aromatic carbocycles. The third-order valence-corrected chi connectivity index (χ3v) is 11.9. The Bertz CT molecular complexity index is 1450. The van der Waals surface area contributed by atoms with Crippen LogP contribution in [0.5, 0.6) is 0 Å². The van der Waals surface area contributed by atoms with Gasteiger partial charge in [-0.05, 0) is 78.4 Å². The number of ketones is 1. The summed E-state index contributed by atoms with van der Waals surface area (Å²) in [7, 11) is 0. The number of likely N-dealkylation sites (tertiary alicyclic amines) is 2. The van der Waals surface area contributed by atoms with Gasteiger partial charge in [-0.25, -0.2) is 4.79 Å². The van der Waals surface area contributed by atoms with Crippen molar-refractivity contribution in [2.75, 3.05) is 13.1 Å². The molecule has 5 rings (SSSR count). The quantitative estimate of drug-likeness (QED) is 0.162. The molecule has 6 N–H and O–H groups in total. The topological polar surface area (TPSA) is 191 Å². The molecule has 5 aliphatic rings. The van der Waals surface area contributed by atoms with Crippen molar-refractivity contribution >= 4 is 35.4 Å². The van der Waals surface area contributed by atoms with E-state index >= 15 is 0 Å². The van der Waals surface area contributed by atoms with Crippen molar-refractivity contribution in [3.8, 4) is 0 Å². The maximum absolute atomic E-state index is 14.6. The lowest BCUT2D eigenvalue weighted by Crippen LogP contribution is -2.63. The Morgan fingerprint density at radius 3 is 2.16 bits per heavy atom. The maximum Gasteiger partial charge on any atom is 0.315 e. The average molecular weight is 699 g/mol. The highest BCUT2D eigenvalue weighted by Gasteiger charge is 2.64. The molecular formula is C37H58N6O7. The first-order valence-electron chi connectivity index (χ1n) is 18.2. The number of carbonyl (C=O) groups is 6. The zero-order chi connectivity index (χ0) is 37.1. The molecule has 0 aromatic heterocycles. The van der Waals surface area contributed by atoms with Crippen LogP contribution in [0.4, 0.5) is 4.79 Å². The predicted octanol–water partition coefficient (Wildman–Crippen LogP) is 2.36. The molecule has 0 aromatic rings. The molecule has 2 saturated heterocycles. The van der Waals surface area contributed by atoms with Crippen LogP contribution in [0.25, 0.3) is 0 Å². The minimum Gasteiger partial charge on any atom is -0.374 e. The summed E-state index contributed by atoms with van der Waals surface area (Å²) in [5.74, 6) is -3.03. The molecule has 50 heavy (non-hydrogen) atoms. The lowest BCUT2D eigenvalue weighted by atomic mass is 9.80. The van der Waals surface area contributed by atoms with Gasteiger partial charge in [0.25, 0.3) is 5.91 Å². The van der Waals surface area contributed by atoms with Crippen LogP contribution >= 0.6 is 0 Å². The molecule has 1 spiro atoms. The lowest BCUT2D eigenvalue weighted by molar-refractivity contribution is -0.155. The first kappa shape index (κ1) is 37.8. The molecular weight excluding hydrogens is 640 g/mol. The average Bonchev–Trinajstić information content (AvgIpc) is 3.88. The molecule has 2 unspecified atom stereocenters. The highest BCUT2D eigenvalue weighted by Crippen LogP contribution is 2.66. The zero-order valence-corrected chi connectivity index (χ0v) is 31.1. The van der Waals surface area contributed by atoms with Crippen molar-refractivity contribution in [2.24, 2.45) is 39.2 Å². The van der Waals surface area contributed by atoms with E-state index < -0.39 is 70.8 Å². The molecule has 6 amide bonds. The van der Waals surface area contributed by atoms with Crippen LogP contribution in [-0.4, -0.2) is 93.8 Å². The molecule has 2 aliphatic heterocycles. The number of rotatable bonds is 11. The van der Waals surface area contributed by atoms with Gasteiger partial charge >= 0.3 is 6.03 Å². The fourth-order valence-electron chi connectivity index (χ4n) is 8.50. The van der Waals surface area contributed by atoms with Gasteiger partial charge in [-0.15, -0.1) is 0 Å². The third-order valence-electron chi connectivity index (χ3n) is 11.9. The Morgan fingerprint density at radius 2 is 1.64 bits per heavy atom. The van der Waals surface area contributed by atoms with Crippen molar-refractivity contribution < 1.29 is 33.9 Å². The second kappa shape index (κ2) is 13.2. The van der Waals surface area contributed by atoms with E-state index in [0.29, 0.717) is 19.4 Å². The molecule has 0 radical (unpaired) electrons. The number of allylic oxidation sites excluding steroid dienone is 1. The van der Waals surface area contributed by atoms with Gasteiger partial charge in [0.1, 0.15) is 24.4 Å².